The molecule has 0 bridgehead atoms. The maximum absolute atomic E-state index is 13.2. The van der Waals surface area contributed by atoms with Crippen molar-refractivity contribution < 1.29 is 14.7 Å². The first-order valence-electron chi connectivity index (χ1n) is 14.5. The van der Waals surface area contributed by atoms with Crippen LogP contribution in [0.15, 0.2) is 24.3 Å². The highest BCUT2D eigenvalue weighted by Crippen LogP contribution is 2.50. The number of carbonyl (C=O) groups excluding carboxylic acids is 2. The zero-order valence-corrected chi connectivity index (χ0v) is 22.1. The van der Waals surface area contributed by atoms with Gasteiger partial charge in [-0.2, -0.15) is 0 Å². The molecule has 2 aliphatic heterocycles. The Hall–Kier alpha value is -1.92. The molecule has 4 fully saturated rings. The molecule has 2 amide bonds. The molecule has 0 radical (unpaired) electrons. The molecular formula is C30H45N3O3. The van der Waals surface area contributed by atoms with Crippen molar-refractivity contribution in [2.45, 2.75) is 102 Å². The van der Waals surface area contributed by atoms with Crippen LogP contribution in [0.1, 0.15) is 106 Å². The summed E-state index contributed by atoms with van der Waals surface area (Å²) in [4.78, 5) is 29.2. The van der Waals surface area contributed by atoms with Crippen molar-refractivity contribution in [1.29, 1.82) is 0 Å². The molecule has 1 spiro atoms. The molecule has 1 aromatic rings. The summed E-state index contributed by atoms with van der Waals surface area (Å²) in [6, 6.07) is 9.02. The Kier molecular flexibility index (Phi) is 7.73. The van der Waals surface area contributed by atoms with Gasteiger partial charge >= 0.3 is 0 Å². The molecule has 2 aliphatic carbocycles. The first kappa shape index (κ1) is 25.7. The van der Waals surface area contributed by atoms with E-state index in [0.29, 0.717) is 56.4 Å². The number of hydrogen-bond acceptors (Lipinski definition) is 4. The third-order valence-electron chi connectivity index (χ3n) is 9.51. The van der Waals surface area contributed by atoms with Crippen LogP contribution in [0.4, 0.5) is 0 Å². The highest BCUT2D eigenvalue weighted by atomic mass is 16.3. The van der Waals surface area contributed by atoms with Crippen molar-refractivity contribution in [1.82, 2.24) is 15.1 Å². The van der Waals surface area contributed by atoms with Crippen molar-refractivity contribution in [3.63, 3.8) is 0 Å². The van der Waals surface area contributed by atoms with Gasteiger partial charge in [-0.05, 0) is 62.1 Å². The summed E-state index contributed by atoms with van der Waals surface area (Å²) in [7, 11) is 0. The van der Waals surface area contributed by atoms with Crippen LogP contribution in [0.5, 0.6) is 0 Å². The minimum atomic E-state index is -1.13. The summed E-state index contributed by atoms with van der Waals surface area (Å²) < 4.78 is 0. The van der Waals surface area contributed by atoms with E-state index in [-0.39, 0.29) is 11.8 Å². The monoisotopic (exact) mass is 495 g/mol. The van der Waals surface area contributed by atoms with Crippen molar-refractivity contribution in [3.05, 3.63) is 35.4 Å². The summed E-state index contributed by atoms with van der Waals surface area (Å²) >= 11 is 0. The molecule has 0 aromatic heterocycles. The average molecular weight is 496 g/mol. The lowest BCUT2D eigenvalue weighted by Gasteiger charge is -2.48. The molecule has 2 N–H and O–H groups in total. The zero-order valence-electron chi connectivity index (χ0n) is 22.1. The zero-order chi connectivity index (χ0) is 25.2. The van der Waals surface area contributed by atoms with E-state index in [0.717, 1.165) is 12.1 Å². The fourth-order valence-corrected chi connectivity index (χ4v) is 7.13. The van der Waals surface area contributed by atoms with Crippen LogP contribution in [-0.2, 0) is 4.79 Å². The number of hydrogen-bond donors (Lipinski definition) is 2. The fraction of sp³-hybridized carbons (Fsp3) is 0.733. The molecule has 2 heterocycles. The quantitative estimate of drug-likeness (QED) is 0.649. The van der Waals surface area contributed by atoms with Crippen molar-refractivity contribution >= 4 is 11.8 Å². The number of nitrogens with one attached hydrogen (secondary N) is 1. The van der Waals surface area contributed by atoms with Crippen LogP contribution >= 0.6 is 0 Å². The van der Waals surface area contributed by atoms with E-state index in [9.17, 15) is 14.7 Å². The molecule has 36 heavy (non-hydrogen) atoms. The van der Waals surface area contributed by atoms with Gasteiger partial charge in [0, 0.05) is 50.2 Å². The van der Waals surface area contributed by atoms with Crippen molar-refractivity contribution in [3.8, 4) is 0 Å². The molecule has 2 saturated heterocycles. The first-order valence-corrected chi connectivity index (χ1v) is 14.5. The van der Waals surface area contributed by atoms with Crippen LogP contribution in [0.25, 0.3) is 0 Å². The summed E-state index contributed by atoms with van der Waals surface area (Å²) in [5.74, 6) is 0.381. The van der Waals surface area contributed by atoms with Crippen LogP contribution in [0.2, 0.25) is 0 Å². The van der Waals surface area contributed by atoms with Gasteiger partial charge in [0.1, 0.15) is 5.60 Å². The molecule has 2 atom stereocenters. The predicted octanol–water partition coefficient (Wildman–Crippen LogP) is 4.47. The number of amides is 2. The number of carbonyl (C=O) groups is 2. The number of piperidine rings is 1. The number of aliphatic hydroxyl groups is 1. The fourth-order valence-electron chi connectivity index (χ4n) is 7.13. The van der Waals surface area contributed by atoms with E-state index in [1.165, 1.54) is 69.8 Å². The van der Waals surface area contributed by atoms with Crippen LogP contribution in [-0.4, -0.2) is 71.1 Å². The molecule has 198 valence electrons. The number of piperazine rings is 1. The molecule has 2 saturated carbocycles. The largest absolute Gasteiger partial charge is 0.380 e. The molecule has 1 aromatic carbocycles. The highest BCUT2D eigenvalue weighted by molar-refractivity contribution is 5.94. The van der Waals surface area contributed by atoms with Crippen molar-refractivity contribution in [2.75, 3.05) is 32.7 Å². The standard InChI is InChI=1S/C30H45N3O3/c1-23-21-29(13-7-5-3-2-4-6-8-14-29)26(22-31-23)24-9-11-25(12-10-24)27(34)32-17-19-33(20-18-32)28(35)30(36)15-16-30/h9-12,23,26,31,36H,2-8,13-22H2,1H3. The van der Waals surface area contributed by atoms with Gasteiger partial charge in [-0.1, -0.05) is 57.1 Å². The lowest BCUT2D eigenvalue weighted by molar-refractivity contribution is -0.143. The Morgan fingerprint density at radius 1 is 0.833 bits per heavy atom. The van der Waals surface area contributed by atoms with Gasteiger partial charge in [-0.25, -0.2) is 0 Å². The van der Waals surface area contributed by atoms with Crippen LogP contribution < -0.4 is 5.32 Å². The van der Waals surface area contributed by atoms with Gasteiger partial charge in [0.05, 0.1) is 0 Å². The van der Waals surface area contributed by atoms with Gasteiger partial charge < -0.3 is 20.2 Å². The Labute approximate surface area is 216 Å². The lowest BCUT2D eigenvalue weighted by atomic mass is 9.61. The van der Waals surface area contributed by atoms with E-state index in [2.05, 4.69) is 24.4 Å². The lowest BCUT2D eigenvalue weighted by Crippen LogP contribution is -2.53. The SMILES string of the molecule is CC1CC2(CCCCCCCCC2)C(c2ccc(C(=O)N3CCN(C(=O)C4(O)CC4)CC3)cc2)CN1. The summed E-state index contributed by atoms with van der Waals surface area (Å²) in [5, 5.41) is 13.9. The van der Waals surface area contributed by atoms with E-state index >= 15 is 0 Å². The van der Waals surface area contributed by atoms with Gasteiger partial charge in [-0.15, -0.1) is 0 Å². The summed E-state index contributed by atoms with van der Waals surface area (Å²) in [6.45, 7) is 5.42. The maximum Gasteiger partial charge on any atom is 0.254 e. The molecule has 5 rings (SSSR count). The van der Waals surface area contributed by atoms with E-state index in [1.807, 2.05) is 17.0 Å². The van der Waals surface area contributed by atoms with E-state index in [1.54, 1.807) is 4.90 Å². The third-order valence-corrected chi connectivity index (χ3v) is 9.51. The Morgan fingerprint density at radius 2 is 1.39 bits per heavy atom. The summed E-state index contributed by atoms with van der Waals surface area (Å²) in [6.07, 6.45) is 14.6. The minimum absolute atomic E-state index is 0.0441. The van der Waals surface area contributed by atoms with Gasteiger partial charge in [0.2, 0.25) is 0 Å². The normalized spacial score (nSPS) is 28.5. The molecular weight excluding hydrogens is 450 g/mol. The minimum Gasteiger partial charge on any atom is -0.380 e. The average Bonchev–Trinajstić information content (AvgIpc) is 3.66. The van der Waals surface area contributed by atoms with Gasteiger partial charge in [0.25, 0.3) is 11.8 Å². The van der Waals surface area contributed by atoms with Crippen LogP contribution in [0.3, 0.4) is 0 Å². The molecule has 4 aliphatic rings. The highest BCUT2D eigenvalue weighted by Gasteiger charge is 2.50. The molecule has 2 unspecified atom stereocenters. The van der Waals surface area contributed by atoms with Crippen molar-refractivity contribution in [2.24, 2.45) is 5.41 Å². The van der Waals surface area contributed by atoms with E-state index in [4.69, 9.17) is 0 Å². The second-order valence-electron chi connectivity index (χ2n) is 12.1. The Bertz CT molecular complexity index is 908. The smallest absolute Gasteiger partial charge is 0.254 e. The Morgan fingerprint density at radius 3 is 1.97 bits per heavy atom. The Balaban J connectivity index is 1.25. The number of nitrogens with zero attached hydrogens (tertiary/aromatic N) is 2. The third kappa shape index (κ3) is 5.50. The van der Waals surface area contributed by atoms with Crippen LogP contribution in [0, 0.1) is 5.41 Å². The number of benzene rings is 1. The number of rotatable bonds is 3. The topological polar surface area (TPSA) is 72.9 Å². The molecule has 6 heteroatoms. The summed E-state index contributed by atoms with van der Waals surface area (Å²) in [5.41, 5.74) is 1.34. The maximum atomic E-state index is 13.2. The van der Waals surface area contributed by atoms with Gasteiger partial charge in [0.15, 0.2) is 0 Å². The van der Waals surface area contributed by atoms with E-state index < -0.39 is 5.60 Å². The molecule has 6 nitrogen and oxygen atoms in total. The first-order chi connectivity index (χ1) is 17.4. The predicted molar refractivity (Wildman–Crippen MR) is 142 cm³/mol. The second-order valence-corrected chi connectivity index (χ2v) is 12.1. The second kappa shape index (κ2) is 10.8. The van der Waals surface area contributed by atoms with Gasteiger partial charge in [-0.3, -0.25) is 9.59 Å².